The fourth-order valence-corrected chi connectivity index (χ4v) is 4.49. The Morgan fingerprint density at radius 1 is 1.09 bits per heavy atom. The molecule has 32 heavy (non-hydrogen) atoms. The van der Waals surface area contributed by atoms with E-state index in [0.717, 1.165) is 22.3 Å². The molecule has 1 aromatic heterocycles. The molecule has 1 aliphatic rings. The van der Waals surface area contributed by atoms with E-state index >= 15 is 0 Å². The van der Waals surface area contributed by atoms with Crippen molar-refractivity contribution in [1.82, 2.24) is 10.3 Å². The quantitative estimate of drug-likeness (QED) is 0.466. The Labute approximate surface area is 201 Å². The van der Waals surface area contributed by atoms with E-state index in [1.165, 1.54) is 0 Å². The number of benzene rings is 2. The fourth-order valence-electron chi connectivity index (χ4n) is 3.87. The molecule has 166 valence electrons. The van der Waals surface area contributed by atoms with Crippen molar-refractivity contribution in [3.63, 3.8) is 0 Å². The molecule has 1 atom stereocenters. The van der Waals surface area contributed by atoms with Crippen molar-refractivity contribution in [2.75, 3.05) is 6.54 Å². The Balaban J connectivity index is 1.95. The molecular formula is C24H22Cl3N3O2. The Kier molecular flexibility index (Phi) is 6.37. The van der Waals surface area contributed by atoms with Crippen LogP contribution in [0.1, 0.15) is 31.9 Å². The zero-order valence-electron chi connectivity index (χ0n) is 17.6. The van der Waals surface area contributed by atoms with Gasteiger partial charge in [-0.25, -0.2) is 4.98 Å². The highest BCUT2D eigenvalue weighted by Crippen LogP contribution is 2.44. The molecule has 0 fully saturated rings. The lowest BCUT2D eigenvalue weighted by Crippen LogP contribution is -2.43. The van der Waals surface area contributed by atoms with Crippen molar-refractivity contribution in [3.05, 3.63) is 69.2 Å². The molecule has 3 N–H and O–H groups in total. The van der Waals surface area contributed by atoms with Gasteiger partial charge in [0, 0.05) is 33.2 Å². The topological polar surface area (TPSA) is 77.2 Å². The standard InChI is InChI=1S/C24H22Cl3N3O2/c1-24(2)11-20(29-21(31)12-28)18-10-17(13-3-5-14(25)6-4-13)22(30-23(18)32-24)16-8-7-15(26)9-19(16)27/h3-10,20H,11-12,28H2,1-2H3,(H,29,31). The lowest BCUT2D eigenvalue weighted by Gasteiger charge is -2.37. The van der Waals surface area contributed by atoms with Crippen LogP contribution in [0.3, 0.4) is 0 Å². The Bertz CT molecular complexity index is 1180. The van der Waals surface area contributed by atoms with Gasteiger partial charge >= 0.3 is 0 Å². The third kappa shape index (κ3) is 4.71. The van der Waals surface area contributed by atoms with Crippen molar-refractivity contribution in [3.8, 4) is 28.3 Å². The van der Waals surface area contributed by atoms with Gasteiger partial charge in [0.05, 0.1) is 23.3 Å². The fraction of sp³-hybridized carbons (Fsp3) is 0.250. The first kappa shape index (κ1) is 22.9. The molecule has 5 nitrogen and oxygen atoms in total. The predicted molar refractivity (Wildman–Crippen MR) is 129 cm³/mol. The number of amides is 1. The minimum Gasteiger partial charge on any atom is -0.471 e. The van der Waals surface area contributed by atoms with Crippen LogP contribution in [-0.4, -0.2) is 23.0 Å². The van der Waals surface area contributed by atoms with Crippen molar-refractivity contribution >= 4 is 40.7 Å². The molecule has 0 aliphatic carbocycles. The van der Waals surface area contributed by atoms with E-state index < -0.39 is 5.60 Å². The molecule has 0 radical (unpaired) electrons. The summed E-state index contributed by atoms with van der Waals surface area (Å²) in [5.41, 5.74) is 8.90. The van der Waals surface area contributed by atoms with Crippen molar-refractivity contribution in [2.45, 2.75) is 31.9 Å². The van der Waals surface area contributed by atoms with Gasteiger partial charge in [0.2, 0.25) is 11.8 Å². The van der Waals surface area contributed by atoms with Crippen LogP contribution in [0.4, 0.5) is 0 Å². The number of nitrogens with one attached hydrogen (secondary N) is 1. The zero-order valence-corrected chi connectivity index (χ0v) is 19.9. The van der Waals surface area contributed by atoms with Gasteiger partial charge < -0.3 is 15.8 Å². The van der Waals surface area contributed by atoms with Crippen molar-refractivity contribution in [2.24, 2.45) is 5.73 Å². The first-order valence-electron chi connectivity index (χ1n) is 10.1. The molecule has 0 bridgehead atoms. The Morgan fingerprint density at radius 3 is 2.44 bits per heavy atom. The summed E-state index contributed by atoms with van der Waals surface area (Å²) in [6.45, 7) is 3.82. The molecule has 2 aromatic carbocycles. The van der Waals surface area contributed by atoms with Crippen LogP contribution in [0.5, 0.6) is 5.88 Å². The van der Waals surface area contributed by atoms with E-state index in [1.807, 2.05) is 50.2 Å². The number of nitrogens with zero attached hydrogens (tertiary/aromatic N) is 1. The first-order valence-corrected chi connectivity index (χ1v) is 11.2. The first-order chi connectivity index (χ1) is 15.2. The summed E-state index contributed by atoms with van der Waals surface area (Å²) >= 11 is 18.8. The third-order valence-corrected chi connectivity index (χ3v) is 6.12. The molecule has 1 unspecified atom stereocenters. The summed E-state index contributed by atoms with van der Waals surface area (Å²) in [7, 11) is 0. The summed E-state index contributed by atoms with van der Waals surface area (Å²) in [5.74, 6) is 0.207. The number of ether oxygens (including phenoxy) is 1. The van der Waals surface area contributed by atoms with Gasteiger partial charge in [0.1, 0.15) is 5.60 Å². The molecule has 3 aromatic rings. The van der Waals surface area contributed by atoms with E-state index in [4.69, 9.17) is 50.3 Å². The molecule has 0 saturated heterocycles. The largest absolute Gasteiger partial charge is 0.471 e. The van der Waals surface area contributed by atoms with Crippen LogP contribution < -0.4 is 15.8 Å². The highest BCUT2D eigenvalue weighted by Gasteiger charge is 2.36. The minimum atomic E-state index is -0.532. The van der Waals surface area contributed by atoms with Crippen LogP contribution in [0.2, 0.25) is 15.1 Å². The van der Waals surface area contributed by atoms with Crippen LogP contribution >= 0.6 is 34.8 Å². The number of hydrogen-bond donors (Lipinski definition) is 2. The summed E-state index contributed by atoms with van der Waals surface area (Å²) in [5, 5.41) is 4.64. The molecule has 8 heteroatoms. The number of carbonyl (C=O) groups is 1. The summed E-state index contributed by atoms with van der Waals surface area (Å²) < 4.78 is 6.22. The van der Waals surface area contributed by atoms with Gasteiger partial charge in [-0.05, 0) is 55.8 Å². The summed E-state index contributed by atoms with van der Waals surface area (Å²) in [4.78, 5) is 17.0. The number of hydrogen-bond acceptors (Lipinski definition) is 4. The SMILES string of the molecule is CC1(C)CC(NC(=O)CN)c2cc(-c3ccc(Cl)cc3)c(-c3ccc(Cl)cc3Cl)nc2O1. The maximum absolute atomic E-state index is 12.1. The van der Waals surface area contributed by atoms with Crippen LogP contribution in [0, 0.1) is 0 Å². The number of rotatable bonds is 4. The molecular weight excluding hydrogens is 469 g/mol. The van der Waals surface area contributed by atoms with Gasteiger partial charge in [-0.1, -0.05) is 46.9 Å². The van der Waals surface area contributed by atoms with Gasteiger partial charge in [0.15, 0.2) is 0 Å². The average Bonchev–Trinajstić information content (AvgIpc) is 2.73. The van der Waals surface area contributed by atoms with E-state index in [9.17, 15) is 4.79 Å². The second-order valence-corrected chi connectivity index (χ2v) is 9.58. The normalized spacial score (nSPS) is 16.8. The van der Waals surface area contributed by atoms with Crippen LogP contribution in [-0.2, 0) is 4.79 Å². The predicted octanol–water partition coefficient (Wildman–Crippen LogP) is 6.05. The molecule has 4 rings (SSSR count). The van der Waals surface area contributed by atoms with E-state index in [1.54, 1.807) is 12.1 Å². The van der Waals surface area contributed by atoms with Crippen LogP contribution in [0.15, 0.2) is 48.5 Å². The second kappa shape index (κ2) is 8.91. The number of fused-ring (bicyclic) bond motifs is 1. The van der Waals surface area contributed by atoms with Crippen molar-refractivity contribution < 1.29 is 9.53 Å². The second-order valence-electron chi connectivity index (χ2n) is 8.30. The lowest BCUT2D eigenvalue weighted by atomic mass is 9.88. The van der Waals surface area contributed by atoms with Gasteiger partial charge in [-0.3, -0.25) is 4.79 Å². The molecule has 1 aliphatic heterocycles. The lowest BCUT2D eigenvalue weighted by molar-refractivity contribution is -0.121. The maximum Gasteiger partial charge on any atom is 0.234 e. The number of carbonyl (C=O) groups excluding carboxylic acids is 1. The molecule has 2 heterocycles. The van der Waals surface area contributed by atoms with Crippen molar-refractivity contribution in [1.29, 1.82) is 0 Å². The number of nitrogens with two attached hydrogens (primary N) is 1. The Hall–Kier alpha value is -2.31. The van der Waals surface area contributed by atoms with Gasteiger partial charge in [-0.15, -0.1) is 0 Å². The number of halogens is 3. The number of pyridine rings is 1. The highest BCUT2D eigenvalue weighted by atomic mass is 35.5. The van der Waals surface area contributed by atoms with Gasteiger partial charge in [-0.2, -0.15) is 0 Å². The van der Waals surface area contributed by atoms with E-state index in [2.05, 4.69) is 5.32 Å². The average molecular weight is 491 g/mol. The summed E-state index contributed by atoms with van der Waals surface area (Å²) in [6, 6.07) is 14.4. The zero-order chi connectivity index (χ0) is 23.0. The number of aromatic nitrogens is 1. The molecule has 0 spiro atoms. The monoisotopic (exact) mass is 489 g/mol. The third-order valence-electron chi connectivity index (χ3n) is 5.32. The smallest absolute Gasteiger partial charge is 0.234 e. The molecule has 1 amide bonds. The van der Waals surface area contributed by atoms with E-state index in [-0.39, 0.29) is 18.5 Å². The van der Waals surface area contributed by atoms with E-state index in [0.29, 0.717) is 33.1 Å². The summed E-state index contributed by atoms with van der Waals surface area (Å²) in [6.07, 6.45) is 0.578. The maximum atomic E-state index is 12.1. The van der Waals surface area contributed by atoms with Crippen LogP contribution in [0.25, 0.3) is 22.4 Å². The Morgan fingerprint density at radius 2 is 1.78 bits per heavy atom. The highest BCUT2D eigenvalue weighted by molar-refractivity contribution is 6.36. The molecule has 0 saturated carbocycles. The van der Waals surface area contributed by atoms with Gasteiger partial charge in [0.25, 0.3) is 0 Å². The minimum absolute atomic E-state index is 0.0942.